The fourth-order valence-electron chi connectivity index (χ4n) is 3.71. The molecule has 0 aliphatic carbocycles. The fourth-order valence-corrected chi connectivity index (χ4v) is 6.42. The fraction of sp³-hybridized carbons (Fsp3) is 0.241. The maximum atomic E-state index is 12.8. The molecule has 38 heavy (non-hydrogen) atoms. The third kappa shape index (κ3) is 6.64. The Hall–Kier alpha value is -4.03. The van der Waals surface area contributed by atoms with Gasteiger partial charge in [-0.3, -0.25) is 0 Å². The van der Waals surface area contributed by atoms with Crippen molar-refractivity contribution in [3.05, 3.63) is 78.6 Å². The molecule has 3 rings (SSSR count). The molecule has 9 heteroatoms. The van der Waals surface area contributed by atoms with E-state index in [9.17, 15) is 9.59 Å². The van der Waals surface area contributed by atoms with Gasteiger partial charge in [0, 0.05) is 7.92 Å². The normalized spacial score (nSPS) is 11.8. The number of ether oxygens (including phenoxy) is 6. The summed E-state index contributed by atoms with van der Waals surface area (Å²) >= 11 is 0. The molecule has 0 N–H and O–H groups in total. The highest BCUT2D eigenvalue weighted by molar-refractivity contribution is 7.80. The average Bonchev–Trinajstić information content (AvgIpc) is 2.94. The van der Waals surface area contributed by atoms with Gasteiger partial charge >= 0.3 is 11.9 Å². The second-order valence-electron chi connectivity index (χ2n) is 7.57. The molecule has 0 aromatic heterocycles. The first-order chi connectivity index (χ1) is 18.5. The molecule has 0 aliphatic heterocycles. The van der Waals surface area contributed by atoms with Crippen LogP contribution in [0.2, 0.25) is 0 Å². The molecule has 0 radical (unpaired) electrons. The van der Waals surface area contributed by atoms with Crippen LogP contribution in [-0.2, 0) is 19.1 Å². The van der Waals surface area contributed by atoms with Crippen LogP contribution in [0.5, 0.6) is 23.0 Å². The van der Waals surface area contributed by atoms with E-state index in [0.29, 0.717) is 28.3 Å². The predicted molar refractivity (Wildman–Crippen MR) is 147 cm³/mol. The van der Waals surface area contributed by atoms with Crippen LogP contribution in [0.25, 0.3) is 0 Å². The second kappa shape index (κ2) is 14.1. The predicted octanol–water partition coefficient (Wildman–Crippen LogP) is 3.86. The Bertz CT molecular complexity index is 1250. The van der Waals surface area contributed by atoms with Crippen molar-refractivity contribution in [1.29, 1.82) is 0 Å². The minimum atomic E-state index is -1.43. The second-order valence-corrected chi connectivity index (χ2v) is 9.65. The van der Waals surface area contributed by atoms with Crippen LogP contribution in [0.3, 0.4) is 0 Å². The lowest BCUT2D eigenvalue weighted by Gasteiger charge is -2.26. The average molecular weight is 539 g/mol. The zero-order valence-corrected chi connectivity index (χ0v) is 23.0. The van der Waals surface area contributed by atoms with Gasteiger partial charge < -0.3 is 28.4 Å². The molecular weight excluding hydrogens is 507 g/mol. The molecular formula is C29H31O8P. The van der Waals surface area contributed by atoms with Crippen molar-refractivity contribution >= 4 is 35.8 Å². The van der Waals surface area contributed by atoms with Gasteiger partial charge in [-0.1, -0.05) is 42.5 Å². The van der Waals surface area contributed by atoms with E-state index in [1.165, 1.54) is 0 Å². The number of rotatable bonds is 12. The van der Waals surface area contributed by atoms with Crippen LogP contribution in [0.4, 0.5) is 0 Å². The number of methoxy groups -OCH3 is 3. The zero-order chi connectivity index (χ0) is 27.5. The molecule has 8 nitrogen and oxygen atoms in total. The minimum Gasteiger partial charge on any atom is -0.496 e. The van der Waals surface area contributed by atoms with E-state index in [2.05, 4.69) is 0 Å². The molecule has 3 aromatic rings. The molecule has 1 unspecified atom stereocenters. The van der Waals surface area contributed by atoms with Crippen LogP contribution in [-0.4, -0.2) is 46.5 Å². The highest BCUT2D eigenvalue weighted by Gasteiger charge is 2.31. The van der Waals surface area contributed by atoms with Crippen molar-refractivity contribution in [1.82, 2.24) is 0 Å². The molecule has 0 amide bonds. The molecule has 0 fully saturated rings. The van der Waals surface area contributed by atoms with Gasteiger partial charge in [-0.2, -0.15) is 0 Å². The van der Waals surface area contributed by atoms with Gasteiger partial charge in [-0.15, -0.1) is 0 Å². The van der Waals surface area contributed by atoms with Crippen LogP contribution < -0.4 is 34.9 Å². The summed E-state index contributed by atoms with van der Waals surface area (Å²) in [5, 5.41) is 2.39. The first-order valence-electron chi connectivity index (χ1n) is 12.0. The van der Waals surface area contributed by atoms with E-state index in [-0.39, 0.29) is 19.0 Å². The number of benzene rings is 3. The minimum absolute atomic E-state index is 0.0997. The maximum absolute atomic E-state index is 12.8. The van der Waals surface area contributed by atoms with Gasteiger partial charge in [0.1, 0.15) is 23.0 Å². The molecule has 0 saturated heterocycles. The summed E-state index contributed by atoms with van der Waals surface area (Å²) in [7, 11) is 3.32. The van der Waals surface area contributed by atoms with E-state index in [4.69, 9.17) is 28.4 Å². The Kier molecular flexibility index (Phi) is 10.6. The molecule has 0 bridgehead atoms. The van der Waals surface area contributed by atoms with Crippen LogP contribution in [0.15, 0.2) is 78.6 Å². The van der Waals surface area contributed by atoms with Gasteiger partial charge in [0.25, 0.3) is 0 Å². The molecule has 0 saturated carbocycles. The maximum Gasteiger partial charge on any atom is 0.374 e. The van der Waals surface area contributed by atoms with Crippen LogP contribution >= 0.6 is 7.92 Å². The van der Waals surface area contributed by atoms with E-state index in [1.807, 2.05) is 54.6 Å². The molecule has 1 atom stereocenters. The number of hydrogen-bond acceptors (Lipinski definition) is 8. The quantitative estimate of drug-likeness (QED) is 0.149. The number of carbonyl (C=O) groups is 2. The highest BCUT2D eigenvalue weighted by Crippen LogP contribution is 2.45. The van der Waals surface area contributed by atoms with Crippen molar-refractivity contribution in [2.24, 2.45) is 0 Å². The summed E-state index contributed by atoms with van der Waals surface area (Å²) in [5.41, 5.74) is 0. The molecule has 0 spiro atoms. The summed E-state index contributed by atoms with van der Waals surface area (Å²) < 4.78 is 33.6. The largest absolute Gasteiger partial charge is 0.496 e. The van der Waals surface area contributed by atoms with Crippen molar-refractivity contribution in [3.8, 4) is 23.0 Å². The van der Waals surface area contributed by atoms with E-state index in [1.54, 1.807) is 47.3 Å². The Morgan fingerprint density at radius 1 is 0.684 bits per heavy atom. The molecule has 200 valence electrons. The lowest BCUT2D eigenvalue weighted by Crippen LogP contribution is -2.26. The van der Waals surface area contributed by atoms with Crippen molar-refractivity contribution in [3.63, 3.8) is 0 Å². The summed E-state index contributed by atoms with van der Waals surface area (Å²) in [5.74, 6) is 0.216. The zero-order valence-electron chi connectivity index (χ0n) is 22.1. The topological polar surface area (TPSA) is 89.5 Å². The Balaban J connectivity index is 2.31. The van der Waals surface area contributed by atoms with Gasteiger partial charge in [-0.25, -0.2) is 9.59 Å². The monoisotopic (exact) mass is 538 g/mol. The van der Waals surface area contributed by atoms with E-state index < -0.39 is 19.9 Å². The summed E-state index contributed by atoms with van der Waals surface area (Å²) in [4.78, 5) is 25.0. The van der Waals surface area contributed by atoms with Gasteiger partial charge in [0.15, 0.2) is 0 Å². The Morgan fingerprint density at radius 2 is 1.18 bits per heavy atom. The molecule has 0 heterocycles. The summed E-state index contributed by atoms with van der Waals surface area (Å²) in [6.45, 7) is 3.58. The van der Waals surface area contributed by atoms with Crippen molar-refractivity contribution in [2.45, 2.75) is 13.8 Å². The third-order valence-electron chi connectivity index (χ3n) is 5.28. The van der Waals surface area contributed by atoms with Crippen molar-refractivity contribution < 1.29 is 38.0 Å². The first-order valence-corrected chi connectivity index (χ1v) is 13.3. The first kappa shape index (κ1) is 28.5. The molecule has 0 aliphatic rings. The van der Waals surface area contributed by atoms with Gasteiger partial charge in [-0.05, 0) is 43.4 Å². The summed E-state index contributed by atoms with van der Waals surface area (Å²) in [6, 6.07) is 20.6. The number of hydrogen-bond donors (Lipinski definition) is 0. The smallest absolute Gasteiger partial charge is 0.374 e. The van der Waals surface area contributed by atoms with Gasteiger partial charge in [0.2, 0.25) is 5.76 Å². The molecule has 3 aromatic carbocycles. The van der Waals surface area contributed by atoms with E-state index >= 15 is 0 Å². The number of esters is 2. The highest BCUT2D eigenvalue weighted by atomic mass is 31.1. The van der Waals surface area contributed by atoms with Crippen LogP contribution in [0, 0.1) is 0 Å². The van der Waals surface area contributed by atoms with Gasteiger partial charge in [0.05, 0.1) is 51.2 Å². The Labute approximate surface area is 223 Å². The summed E-state index contributed by atoms with van der Waals surface area (Å²) in [6.07, 6.45) is 0.985. The van der Waals surface area contributed by atoms with Crippen molar-refractivity contribution in [2.75, 3.05) is 34.5 Å². The Morgan fingerprint density at radius 3 is 1.68 bits per heavy atom. The lowest BCUT2D eigenvalue weighted by molar-refractivity contribution is -0.143. The number of carbonyl (C=O) groups excluding carboxylic acids is 2. The van der Waals surface area contributed by atoms with Crippen LogP contribution in [0.1, 0.15) is 13.8 Å². The van der Waals surface area contributed by atoms with E-state index in [0.717, 1.165) is 16.7 Å². The lowest BCUT2D eigenvalue weighted by atomic mass is 10.3. The standard InChI is InChI=1S/C29H31O8P/c1-6-35-26(30)19-25(29(31)36-7-2)37-24-18-12-17-23(34-5)28(24)38(20-13-9-8-10-14-20)27-21(32-3)15-11-16-22(27)33-4/h8-19H,6-7H2,1-5H3/b25-19+. The third-order valence-corrected chi connectivity index (χ3v) is 7.87. The SMILES string of the molecule is CCOC(=O)/C=C(/Oc1cccc(OC)c1P(c1ccccc1)c1c(OC)cccc1OC)C(=O)OCC.